The number of rotatable bonds is 3. The lowest BCUT2D eigenvalue weighted by Crippen LogP contribution is -1.99. The molecule has 2 heterocycles. The second-order valence-electron chi connectivity index (χ2n) is 5.43. The van der Waals surface area contributed by atoms with E-state index >= 15 is 0 Å². The zero-order valence-corrected chi connectivity index (χ0v) is 14.4. The van der Waals surface area contributed by atoms with Gasteiger partial charge in [-0.1, -0.05) is 11.6 Å². The zero-order chi connectivity index (χ0) is 18.5. The van der Waals surface area contributed by atoms with Gasteiger partial charge in [-0.2, -0.15) is 5.11 Å². The molecule has 26 heavy (non-hydrogen) atoms. The lowest BCUT2D eigenvalue weighted by molar-refractivity contribution is 0.459. The van der Waals surface area contributed by atoms with Crippen LogP contribution < -0.4 is 5.14 Å². The molecule has 0 saturated heterocycles. The van der Waals surface area contributed by atoms with E-state index in [9.17, 15) is 13.5 Å². The van der Waals surface area contributed by atoms with Crippen LogP contribution in [0.3, 0.4) is 0 Å². The molecule has 2 aromatic carbocycles. The van der Waals surface area contributed by atoms with Crippen molar-refractivity contribution in [1.82, 2.24) is 20.3 Å². The Hall–Kier alpha value is -2.95. The highest BCUT2D eigenvalue weighted by molar-refractivity contribution is 7.88. The molecule has 0 saturated carbocycles. The van der Waals surface area contributed by atoms with E-state index in [-0.39, 0.29) is 16.5 Å². The Morgan fingerprint density at radius 3 is 2.50 bits per heavy atom. The van der Waals surface area contributed by atoms with Crippen molar-refractivity contribution in [1.29, 1.82) is 0 Å². The van der Waals surface area contributed by atoms with Gasteiger partial charge in [0.15, 0.2) is 5.69 Å². The van der Waals surface area contributed by atoms with Crippen molar-refractivity contribution in [2.75, 3.05) is 0 Å². The normalized spacial score (nSPS) is 12.5. The van der Waals surface area contributed by atoms with Gasteiger partial charge in [0.2, 0.25) is 5.88 Å². The van der Waals surface area contributed by atoms with E-state index in [1.807, 2.05) is 0 Å². The molecule has 4 N–H and O–H groups in total. The smallest absolute Gasteiger partial charge is 0.254 e. The maximum Gasteiger partial charge on any atom is 0.254 e. The number of halogens is 1. The van der Waals surface area contributed by atoms with Crippen molar-refractivity contribution in [3.63, 3.8) is 0 Å². The lowest BCUT2D eigenvalue weighted by Gasteiger charge is -1.97. The first-order chi connectivity index (χ1) is 12.3. The molecule has 0 aliphatic heterocycles. The first-order valence-corrected chi connectivity index (χ1v) is 9.09. The van der Waals surface area contributed by atoms with E-state index < -0.39 is 10.0 Å². The molecule has 1 radical (unpaired) electrons. The second-order valence-corrected chi connectivity index (χ2v) is 7.28. The summed E-state index contributed by atoms with van der Waals surface area (Å²) in [5.74, 6) is -0.285. The van der Waals surface area contributed by atoms with Crippen LogP contribution in [-0.4, -0.2) is 28.7 Å². The molecule has 0 aliphatic rings. The van der Waals surface area contributed by atoms with Crippen molar-refractivity contribution in [2.45, 2.75) is 4.90 Å². The number of hydrogen-bond donors (Lipinski definition) is 3. The number of hydrogen-bond acceptors (Lipinski definition) is 6. The summed E-state index contributed by atoms with van der Waals surface area (Å²) in [7, 11) is -4.03. The Kier molecular flexibility index (Phi) is 3.68. The fraction of sp³-hybridized carbons (Fsp3) is 0. The first kappa shape index (κ1) is 16.5. The Balaban J connectivity index is 1.80. The first-order valence-electron chi connectivity index (χ1n) is 7.23. The van der Waals surface area contributed by atoms with Gasteiger partial charge in [-0.05, 0) is 36.4 Å². The van der Waals surface area contributed by atoms with Crippen LogP contribution in [0.4, 0.5) is 11.4 Å². The molecule has 11 heteroatoms. The van der Waals surface area contributed by atoms with Gasteiger partial charge in [0.25, 0.3) is 10.0 Å². The standard InChI is InChI=1S/C15H10ClN6O3S/c16-14-9-5-6-10-11(12(9)20-22-14)13(15(23)18-10)21-19-7-1-3-8(4-2-7)26(17,24)25/h1-6,17,20,22-23H. The molecule has 4 rings (SSSR count). The SMILES string of the molecule is [NH]S(=O)(=O)c1ccc(N=Nc2c(O)nc3ccc4c(Cl)[nH][nH]c4c23)cc1. The van der Waals surface area contributed by atoms with Crippen LogP contribution in [0.15, 0.2) is 51.5 Å². The van der Waals surface area contributed by atoms with Crippen molar-refractivity contribution < 1.29 is 13.5 Å². The van der Waals surface area contributed by atoms with E-state index in [2.05, 4.69) is 25.4 Å². The van der Waals surface area contributed by atoms with E-state index in [1.54, 1.807) is 12.1 Å². The van der Waals surface area contributed by atoms with Gasteiger partial charge in [0.05, 0.1) is 27.0 Å². The molecule has 0 bridgehead atoms. The molecule has 0 spiro atoms. The number of benzene rings is 2. The summed E-state index contributed by atoms with van der Waals surface area (Å²) in [5, 5.41) is 32.6. The molecule has 9 nitrogen and oxygen atoms in total. The van der Waals surface area contributed by atoms with Crippen LogP contribution in [0.5, 0.6) is 5.88 Å². The summed E-state index contributed by atoms with van der Waals surface area (Å²) in [6.07, 6.45) is 0. The fourth-order valence-electron chi connectivity index (χ4n) is 2.60. The van der Waals surface area contributed by atoms with Gasteiger partial charge < -0.3 is 5.11 Å². The van der Waals surface area contributed by atoms with Gasteiger partial charge in [-0.25, -0.2) is 13.4 Å². The number of azo groups is 1. The van der Waals surface area contributed by atoms with Crippen molar-refractivity contribution in [3.8, 4) is 5.88 Å². The average molecular weight is 390 g/mol. The van der Waals surface area contributed by atoms with Crippen LogP contribution in [-0.2, 0) is 10.0 Å². The minimum absolute atomic E-state index is 0.141. The highest BCUT2D eigenvalue weighted by atomic mass is 35.5. The lowest BCUT2D eigenvalue weighted by atomic mass is 10.1. The van der Waals surface area contributed by atoms with Crippen LogP contribution in [0.1, 0.15) is 0 Å². The molecule has 0 aliphatic carbocycles. The molecule has 0 fully saturated rings. The molecule has 0 atom stereocenters. The van der Waals surface area contributed by atoms with E-state index in [0.29, 0.717) is 32.6 Å². The average Bonchev–Trinajstić information content (AvgIpc) is 3.12. The fourth-order valence-corrected chi connectivity index (χ4v) is 3.29. The quantitative estimate of drug-likeness (QED) is 0.457. The third kappa shape index (κ3) is 2.69. The van der Waals surface area contributed by atoms with Gasteiger partial charge in [0.1, 0.15) is 5.15 Å². The Morgan fingerprint density at radius 1 is 1.08 bits per heavy atom. The number of aromatic hydroxyl groups is 1. The Labute approximate surface area is 151 Å². The number of aromatic nitrogens is 3. The molecule has 2 aromatic heterocycles. The van der Waals surface area contributed by atoms with E-state index in [1.165, 1.54) is 24.3 Å². The monoisotopic (exact) mass is 389 g/mol. The van der Waals surface area contributed by atoms with Crippen LogP contribution in [0.25, 0.3) is 21.8 Å². The number of aromatic amines is 2. The van der Waals surface area contributed by atoms with Crippen molar-refractivity contribution in [2.24, 2.45) is 10.2 Å². The summed E-state index contributed by atoms with van der Waals surface area (Å²) >= 11 is 6.07. The molecule has 0 unspecified atom stereocenters. The summed E-state index contributed by atoms with van der Waals surface area (Å²) in [5.41, 5.74) is 1.67. The number of fused-ring (bicyclic) bond motifs is 3. The third-order valence-electron chi connectivity index (χ3n) is 3.80. The Morgan fingerprint density at radius 2 is 1.81 bits per heavy atom. The van der Waals surface area contributed by atoms with Gasteiger partial charge in [0, 0.05) is 5.39 Å². The van der Waals surface area contributed by atoms with E-state index in [0.717, 1.165) is 0 Å². The molecule has 4 aromatic rings. The zero-order valence-electron chi connectivity index (χ0n) is 12.9. The highest BCUT2D eigenvalue weighted by Crippen LogP contribution is 2.40. The summed E-state index contributed by atoms with van der Waals surface area (Å²) < 4.78 is 22.3. The van der Waals surface area contributed by atoms with Gasteiger partial charge in [-0.15, -0.1) is 10.3 Å². The van der Waals surface area contributed by atoms with Crippen LogP contribution in [0, 0.1) is 0 Å². The number of sulfonamides is 1. The minimum atomic E-state index is -4.03. The molecule has 131 valence electrons. The van der Waals surface area contributed by atoms with Gasteiger partial charge >= 0.3 is 0 Å². The molecule has 0 amide bonds. The summed E-state index contributed by atoms with van der Waals surface area (Å²) in [4.78, 5) is 3.91. The summed E-state index contributed by atoms with van der Waals surface area (Å²) in [6, 6.07) is 8.81. The molecular formula is C15H10ClN6O3S. The third-order valence-corrected chi connectivity index (χ3v) is 5.00. The maximum absolute atomic E-state index is 11.2. The maximum atomic E-state index is 11.2. The predicted molar refractivity (Wildman–Crippen MR) is 95.5 cm³/mol. The number of nitrogens with zero attached hydrogens (tertiary/aromatic N) is 3. The van der Waals surface area contributed by atoms with Gasteiger partial charge in [-0.3, -0.25) is 10.2 Å². The molecular weight excluding hydrogens is 380 g/mol. The van der Waals surface area contributed by atoms with E-state index in [4.69, 9.17) is 16.7 Å². The summed E-state index contributed by atoms with van der Waals surface area (Å²) in [6.45, 7) is 0. The number of nitrogens with one attached hydrogen (secondary N) is 3. The second kappa shape index (κ2) is 5.80. The van der Waals surface area contributed by atoms with Crippen molar-refractivity contribution >= 4 is 54.8 Å². The van der Waals surface area contributed by atoms with Crippen LogP contribution >= 0.6 is 11.6 Å². The van der Waals surface area contributed by atoms with Crippen molar-refractivity contribution in [3.05, 3.63) is 41.6 Å². The number of H-pyrrole nitrogens is 2. The Bertz CT molecular complexity index is 1270. The highest BCUT2D eigenvalue weighted by Gasteiger charge is 2.17. The minimum Gasteiger partial charge on any atom is -0.492 e. The van der Waals surface area contributed by atoms with Crippen LogP contribution in [0.2, 0.25) is 5.15 Å². The predicted octanol–water partition coefficient (Wildman–Crippen LogP) is 3.79. The largest absolute Gasteiger partial charge is 0.492 e. The topological polar surface area (TPSA) is 147 Å².